The van der Waals surface area contributed by atoms with E-state index in [0.717, 1.165) is 56.8 Å². The van der Waals surface area contributed by atoms with Gasteiger partial charge in [-0.25, -0.2) is 9.97 Å². The van der Waals surface area contributed by atoms with Gasteiger partial charge in [0.05, 0.1) is 17.1 Å². The van der Waals surface area contributed by atoms with Crippen molar-refractivity contribution in [2.24, 2.45) is 5.92 Å². The number of piperidine rings is 1. The van der Waals surface area contributed by atoms with Crippen LogP contribution in [0.1, 0.15) is 25.8 Å². The lowest BCUT2D eigenvalue weighted by atomic mass is 9.94. The van der Waals surface area contributed by atoms with Crippen molar-refractivity contribution >= 4 is 22.5 Å². The number of fused-ring (bicyclic) bond motifs is 1. The fourth-order valence-electron chi connectivity index (χ4n) is 4.78. The molecule has 4 rings (SSSR count). The topological polar surface area (TPSA) is 88.4 Å². The molecule has 2 aliphatic rings. The fraction of sp³-hybridized carbons (Fsp3) is 0.565. The van der Waals surface area contributed by atoms with Gasteiger partial charge in [0, 0.05) is 62.6 Å². The van der Waals surface area contributed by atoms with E-state index in [1.165, 1.54) is 6.33 Å². The second-order valence-electron chi connectivity index (χ2n) is 9.00. The molecule has 0 saturated carbocycles. The van der Waals surface area contributed by atoms with Crippen molar-refractivity contribution in [2.75, 3.05) is 51.2 Å². The zero-order valence-electron chi connectivity index (χ0n) is 18.6. The van der Waals surface area contributed by atoms with Crippen LogP contribution in [0.15, 0.2) is 24.7 Å². The molecule has 1 N–H and O–H groups in total. The summed E-state index contributed by atoms with van der Waals surface area (Å²) < 4.78 is 0. The first kappa shape index (κ1) is 21.5. The van der Waals surface area contributed by atoms with Gasteiger partial charge in [0.1, 0.15) is 12.4 Å². The largest absolute Gasteiger partial charge is 0.369 e. The summed E-state index contributed by atoms with van der Waals surface area (Å²) in [5, 5.41) is 13.6. The molecule has 3 heterocycles. The van der Waals surface area contributed by atoms with Crippen LogP contribution in [0.4, 0.5) is 5.69 Å². The first-order chi connectivity index (χ1) is 15.0. The standard InChI is InChI=1S/C23H31N7O/c1-16-10-19(27-23(31)17(2)29-8-6-28(3)7-9-29)14-30(13-16)21-5-4-18(11-24)22-20(21)12-25-15-26-22/h4-5,12,15-17,19H,6-10,13-14H2,1-3H3,(H,27,31)/t16-,17+,19+/m0/s1. The number of piperazine rings is 1. The molecule has 2 fully saturated rings. The Bertz CT molecular complexity index is 980. The number of carbonyl (C=O) groups is 1. The maximum Gasteiger partial charge on any atom is 0.237 e. The van der Waals surface area contributed by atoms with Gasteiger partial charge in [0.2, 0.25) is 5.91 Å². The lowest BCUT2D eigenvalue weighted by Crippen LogP contribution is -2.57. The lowest BCUT2D eigenvalue weighted by Gasteiger charge is -2.40. The molecule has 0 aliphatic carbocycles. The van der Waals surface area contributed by atoms with Gasteiger partial charge in [0.25, 0.3) is 0 Å². The van der Waals surface area contributed by atoms with Gasteiger partial charge in [-0.2, -0.15) is 5.26 Å². The summed E-state index contributed by atoms with van der Waals surface area (Å²) in [6.45, 7) is 9.72. The van der Waals surface area contributed by atoms with Crippen molar-refractivity contribution in [2.45, 2.75) is 32.4 Å². The SMILES string of the molecule is C[C@H]1C[C@@H](NC(=O)[C@@H](C)N2CCN(C)CC2)CN(c2ccc(C#N)c3ncncc23)C1. The van der Waals surface area contributed by atoms with Crippen LogP contribution in [-0.2, 0) is 4.79 Å². The fourth-order valence-corrected chi connectivity index (χ4v) is 4.78. The van der Waals surface area contributed by atoms with Gasteiger partial charge in [-0.3, -0.25) is 9.69 Å². The Morgan fingerprint density at radius 1 is 1.26 bits per heavy atom. The summed E-state index contributed by atoms with van der Waals surface area (Å²) in [5.41, 5.74) is 2.25. The van der Waals surface area contributed by atoms with Gasteiger partial charge in [0.15, 0.2) is 0 Å². The molecule has 2 aliphatic heterocycles. The van der Waals surface area contributed by atoms with E-state index in [9.17, 15) is 10.1 Å². The molecule has 1 amide bonds. The summed E-state index contributed by atoms with van der Waals surface area (Å²) in [6, 6.07) is 5.99. The Morgan fingerprint density at radius 3 is 2.77 bits per heavy atom. The van der Waals surface area contributed by atoms with E-state index in [1.54, 1.807) is 6.20 Å². The van der Waals surface area contributed by atoms with Gasteiger partial charge >= 0.3 is 0 Å². The molecule has 164 valence electrons. The van der Waals surface area contributed by atoms with Crippen LogP contribution in [0, 0.1) is 17.2 Å². The number of aromatic nitrogens is 2. The van der Waals surface area contributed by atoms with Gasteiger partial charge in [-0.05, 0) is 38.4 Å². The second kappa shape index (κ2) is 9.16. The van der Waals surface area contributed by atoms with Crippen LogP contribution in [0.5, 0.6) is 0 Å². The number of nitrogens with zero attached hydrogens (tertiary/aromatic N) is 6. The third-order valence-corrected chi connectivity index (χ3v) is 6.58. The molecule has 1 aromatic carbocycles. The molecule has 0 unspecified atom stereocenters. The Labute approximate surface area is 183 Å². The van der Waals surface area contributed by atoms with Crippen LogP contribution in [0.2, 0.25) is 0 Å². The van der Waals surface area contributed by atoms with Crippen molar-refractivity contribution in [1.82, 2.24) is 25.1 Å². The van der Waals surface area contributed by atoms with Crippen LogP contribution in [-0.4, -0.2) is 84.1 Å². The Balaban J connectivity index is 1.48. The average molecular weight is 422 g/mol. The van der Waals surface area contributed by atoms with Crippen LogP contribution >= 0.6 is 0 Å². The highest BCUT2D eigenvalue weighted by molar-refractivity contribution is 5.94. The number of benzene rings is 1. The average Bonchev–Trinajstić information content (AvgIpc) is 2.78. The van der Waals surface area contributed by atoms with Crippen molar-refractivity contribution in [3.63, 3.8) is 0 Å². The maximum atomic E-state index is 13.0. The lowest BCUT2D eigenvalue weighted by molar-refractivity contribution is -0.127. The molecule has 8 nitrogen and oxygen atoms in total. The Hall–Kier alpha value is -2.76. The number of anilines is 1. The number of likely N-dealkylation sites (N-methyl/N-ethyl adjacent to an activating group) is 1. The van der Waals surface area contributed by atoms with Crippen LogP contribution in [0.3, 0.4) is 0 Å². The summed E-state index contributed by atoms with van der Waals surface area (Å²) in [6.07, 6.45) is 4.22. The van der Waals surface area contributed by atoms with Crippen molar-refractivity contribution in [3.8, 4) is 6.07 Å². The molecular formula is C23H31N7O. The number of hydrogen-bond donors (Lipinski definition) is 1. The molecule has 3 atom stereocenters. The van der Waals surface area contributed by atoms with Crippen molar-refractivity contribution in [1.29, 1.82) is 5.26 Å². The van der Waals surface area contributed by atoms with E-state index in [1.807, 2.05) is 19.1 Å². The molecule has 2 saturated heterocycles. The maximum absolute atomic E-state index is 13.0. The molecule has 2 aromatic rings. The third-order valence-electron chi connectivity index (χ3n) is 6.58. The smallest absolute Gasteiger partial charge is 0.237 e. The highest BCUT2D eigenvalue weighted by Crippen LogP contribution is 2.31. The van der Waals surface area contributed by atoms with Crippen molar-refractivity contribution < 1.29 is 4.79 Å². The molecule has 0 bridgehead atoms. The molecule has 0 spiro atoms. The molecule has 31 heavy (non-hydrogen) atoms. The Morgan fingerprint density at radius 2 is 2.03 bits per heavy atom. The number of hydrogen-bond acceptors (Lipinski definition) is 7. The number of amides is 1. The zero-order chi connectivity index (χ0) is 22.0. The quantitative estimate of drug-likeness (QED) is 0.800. The summed E-state index contributed by atoms with van der Waals surface area (Å²) in [4.78, 5) is 28.4. The van der Waals surface area contributed by atoms with Crippen LogP contribution in [0.25, 0.3) is 10.9 Å². The molecule has 0 radical (unpaired) electrons. The van der Waals surface area contributed by atoms with Gasteiger partial charge < -0.3 is 15.1 Å². The number of nitrogens with one attached hydrogen (secondary N) is 1. The third kappa shape index (κ3) is 4.63. The zero-order valence-corrected chi connectivity index (χ0v) is 18.6. The van der Waals surface area contributed by atoms with E-state index in [0.29, 0.717) is 17.0 Å². The van der Waals surface area contributed by atoms with Crippen LogP contribution < -0.4 is 10.2 Å². The highest BCUT2D eigenvalue weighted by Gasteiger charge is 2.30. The van der Waals surface area contributed by atoms with Crippen molar-refractivity contribution in [3.05, 3.63) is 30.2 Å². The second-order valence-corrected chi connectivity index (χ2v) is 9.00. The monoisotopic (exact) mass is 421 g/mol. The van der Waals surface area contributed by atoms with E-state index >= 15 is 0 Å². The summed E-state index contributed by atoms with van der Waals surface area (Å²) >= 11 is 0. The first-order valence-electron chi connectivity index (χ1n) is 11.1. The molecular weight excluding hydrogens is 390 g/mol. The van der Waals surface area contributed by atoms with E-state index in [2.05, 4.69) is 50.0 Å². The van der Waals surface area contributed by atoms with Gasteiger partial charge in [-0.1, -0.05) is 6.92 Å². The minimum absolute atomic E-state index is 0.0847. The van der Waals surface area contributed by atoms with Gasteiger partial charge in [-0.15, -0.1) is 0 Å². The predicted octanol–water partition coefficient (Wildman–Crippen LogP) is 1.47. The minimum Gasteiger partial charge on any atom is -0.369 e. The minimum atomic E-state index is -0.122. The Kier molecular flexibility index (Phi) is 6.35. The number of carbonyl (C=O) groups excluding carboxylic acids is 1. The van der Waals surface area contributed by atoms with E-state index in [-0.39, 0.29) is 18.0 Å². The van der Waals surface area contributed by atoms with E-state index in [4.69, 9.17) is 0 Å². The van der Waals surface area contributed by atoms with E-state index < -0.39 is 0 Å². The predicted molar refractivity (Wildman–Crippen MR) is 121 cm³/mol. The normalized spacial score (nSPS) is 24.0. The number of rotatable bonds is 4. The summed E-state index contributed by atoms with van der Waals surface area (Å²) in [5.74, 6) is 0.546. The molecule has 8 heteroatoms. The summed E-state index contributed by atoms with van der Waals surface area (Å²) in [7, 11) is 2.12. The highest BCUT2D eigenvalue weighted by atomic mass is 16.2. The number of nitriles is 1. The first-order valence-corrected chi connectivity index (χ1v) is 11.1. The molecule has 1 aromatic heterocycles.